The highest BCUT2D eigenvalue weighted by Gasteiger charge is 2.47. The number of amides is 2. The zero-order valence-corrected chi connectivity index (χ0v) is 18.4. The molecule has 2 heterocycles. The molecule has 1 aliphatic carbocycles. The molecule has 1 saturated heterocycles. The molecular weight excluding hydrogens is 376 g/mol. The molecule has 1 saturated carbocycles. The summed E-state index contributed by atoms with van der Waals surface area (Å²) in [7, 11) is 0. The molecule has 2 amide bonds. The fourth-order valence-electron chi connectivity index (χ4n) is 5.30. The summed E-state index contributed by atoms with van der Waals surface area (Å²) in [5.74, 6) is 1.69. The Hall–Kier alpha value is -2.37. The van der Waals surface area contributed by atoms with Crippen LogP contribution in [0.5, 0.6) is 0 Å². The normalized spacial score (nSPS) is 31.3. The molecule has 0 spiro atoms. The second-order valence-corrected chi connectivity index (χ2v) is 9.91. The van der Waals surface area contributed by atoms with Crippen molar-refractivity contribution < 1.29 is 9.59 Å². The average molecular weight is 411 g/mol. The first-order valence-corrected chi connectivity index (χ1v) is 11.3. The molecule has 2 fully saturated rings. The molecule has 6 heteroatoms. The Labute approximate surface area is 179 Å². The van der Waals surface area contributed by atoms with E-state index in [1.807, 2.05) is 30.0 Å². The van der Waals surface area contributed by atoms with Crippen LogP contribution >= 0.6 is 0 Å². The van der Waals surface area contributed by atoms with Crippen molar-refractivity contribution in [2.24, 2.45) is 28.5 Å². The number of benzene rings is 1. The zero-order chi connectivity index (χ0) is 21.5. The van der Waals surface area contributed by atoms with E-state index >= 15 is 0 Å². The van der Waals surface area contributed by atoms with Crippen LogP contribution in [0.25, 0.3) is 0 Å². The molecule has 4 rings (SSSR count). The van der Waals surface area contributed by atoms with Crippen LogP contribution in [0.15, 0.2) is 35.3 Å². The van der Waals surface area contributed by atoms with Gasteiger partial charge in [-0.05, 0) is 55.9 Å². The number of aliphatic imine (C=N–C) groups is 1. The number of nitrogens with two attached hydrogens (primary N) is 1. The maximum absolute atomic E-state index is 13.1. The van der Waals surface area contributed by atoms with Crippen LogP contribution < -0.4 is 5.73 Å². The highest BCUT2D eigenvalue weighted by Crippen LogP contribution is 2.48. The Morgan fingerprint density at radius 3 is 2.73 bits per heavy atom. The van der Waals surface area contributed by atoms with Gasteiger partial charge in [-0.3, -0.25) is 14.5 Å². The molecule has 1 aromatic rings. The number of piperidine rings is 1. The van der Waals surface area contributed by atoms with E-state index in [1.54, 1.807) is 4.90 Å². The molecule has 0 bridgehead atoms. The Kier molecular flexibility index (Phi) is 5.60. The van der Waals surface area contributed by atoms with Crippen molar-refractivity contribution in [3.63, 3.8) is 0 Å². The highest BCUT2D eigenvalue weighted by atomic mass is 16.2. The van der Waals surface area contributed by atoms with Crippen molar-refractivity contribution in [3.05, 3.63) is 35.9 Å². The monoisotopic (exact) mass is 410 g/mol. The van der Waals surface area contributed by atoms with Crippen LogP contribution in [-0.2, 0) is 9.59 Å². The van der Waals surface area contributed by atoms with Crippen LogP contribution in [0, 0.1) is 17.8 Å². The van der Waals surface area contributed by atoms with E-state index in [0.717, 1.165) is 25.8 Å². The summed E-state index contributed by atoms with van der Waals surface area (Å²) in [6, 6.07) is 10.3. The summed E-state index contributed by atoms with van der Waals surface area (Å²) in [6.45, 7) is 8.15. The number of hydrogen-bond donors (Lipinski definition) is 1. The smallest absolute Gasteiger partial charge is 0.257 e. The zero-order valence-electron chi connectivity index (χ0n) is 18.4. The van der Waals surface area contributed by atoms with Gasteiger partial charge in [-0.15, -0.1) is 0 Å². The highest BCUT2D eigenvalue weighted by molar-refractivity contribution is 6.06. The van der Waals surface area contributed by atoms with Gasteiger partial charge < -0.3 is 10.6 Å². The van der Waals surface area contributed by atoms with Crippen LogP contribution in [0.1, 0.15) is 57.9 Å². The number of nitrogens with zero attached hydrogens (tertiary/aromatic N) is 3. The van der Waals surface area contributed by atoms with Crippen molar-refractivity contribution in [2.75, 3.05) is 19.6 Å². The molecule has 6 nitrogen and oxygen atoms in total. The van der Waals surface area contributed by atoms with E-state index in [1.165, 1.54) is 5.56 Å². The lowest BCUT2D eigenvalue weighted by atomic mass is 9.90. The van der Waals surface area contributed by atoms with Crippen molar-refractivity contribution in [2.45, 2.75) is 57.9 Å². The quantitative estimate of drug-likeness (QED) is 0.783. The first-order valence-electron chi connectivity index (χ1n) is 11.3. The summed E-state index contributed by atoms with van der Waals surface area (Å²) in [5.41, 5.74) is 6.66. The molecule has 0 radical (unpaired) electrons. The van der Waals surface area contributed by atoms with Gasteiger partial charge in [0.25, 0.3) is 5.91 Å². The predicted molar refractivity (Wildman–Crippen MR) is 118 cm³/mol. The van der Waals surface area contributed by atoms with Crippen LogP contribution in [0.4, 0.5) is 0 Å². The Balaban J connectivity index is 1.35. The molecule has 0 aromatic heterocycles. The third-order valence-corrected chi connectivity index (χ3v) is 6.76. The third kappa shape index (κ3) is 4.09. The van der Waals surface area contributed by atoms with Crippen LogP contribution in [0.2, 0.25) is 0 Å². The molecule has 1 aromatic carbocycles. The first kappa shape index (κ1) is 20.9. The lowest BCUT2D eigenvalue weighted by molar-refractivity contribution is -0.135. The average Bonchev–Trinajstić information content (AvgIpc) is 3.48. The van der Waals surface area contributed by atoms with Crippen LogP contribution in [0.3, 0.4) is 0 Å². The first-order chi connectivity index (χ1) is 14.3. The fourth-order valence-corrected chi connectivity index (χ4v) is 5.30. The van der Waals surface area contributed by atoms with Gasteiger partial charge in [0.1, 0.15) is 5.54 Å². The van der Waals surface area contributed by atoms with Gasteiger partial charge in [0, 0.05) is 25.6 Å². The van der Waals surface area contributed by atoms with E-state index in [-0.39, 0.29) is 23.7 Å². The Morgan fingerprint density at radius 2 is 2.03 bits per heavy atom. The Bertz CT molecular complexity index is 837. The van der Waals surface area contributed by atoms with Gasteiger partial charge in [0.15, 0.2) is 5.96 Å². The number of guanidine groups is 1. The largest absolute Gasteiger partial charge is 0.369 e. The number of carbonyl (C=O) groups excluding carboxylic acids is 2. The number of carbonyl (C=O) groups is 2. The van der Waals surface area contributed by atoms with Crippen molar-refractivity contribution in [3.8, 4) is 0 Å². The van der Waals surface area contributed by atoms with Crippen molar-refractivity contribution in [1.29, 1.82) is 0 Å². The van der Waals surface area contributed by atoms with E-state index in [0.29, 0.717) is 37.3 Å². The van der Waals surface area contributed by atoms with Gasteiger partial charge in [-0.1, -0.05) is 44.2 Å². The van der Waals surface area contributed by atoms with Crippen molar-refractivity contribution >= 4 is 17.8 Å². The second kappa shape index (κ2) is 8.05. The Morgan fingerprint density at radius 1 is 1.30 bits per heavy atom. The van der Waals surface area contributed by atoms with E-state index in [9.17, 15) is 9.59 Å². The van der Waals surface area contributed by atoms with Gasteiger partial charge >= 0.3 is 0 Å². The van der Waals surface area contributed by atoms with Gasteiger partial charge in [0.05, 0.1) is 0 Å². The van der Waals surface area contributed by atoms with Gasteiger partial charge in [-0.25, -0.2) is 4.99 Å². The summed E-state index contributed by atoms with van der Waals surface area (Å²) in [6.07, 6.45) is 3.62. The van der Waals surface area contributed by atoms with E-state index < -0.39 is 5.54 Å². The number of likely N-dealkylation sites (tertiary alicyclic amines) is 1. The topological polar surface area (TPSA) is 79.0 Å². The molecule has 3 aliphatic rings. The molecule has 2 aliphatic heterocycles. The van der Waals surface area contributed by atoms with Crippen molar-refractivity contribution in [1.82, 2.24) is 9.80 Å². The van der Waals surface area contributed by atoms with Gasteiger partial charge in [0.2, 0.25) is 5.91 Å². The lowest BCUT2D eigenvalue weighted by Gasteiger charge is -2.35. The number of hydrogen-bond acceptors (Lipinski definition) is 4. The number of rotatable bonds is 6. The molecule has 4 atom stereocenters. The summed E-state index contributed by atoms with van der Waals surface area (Å²) < 4.78 is 0. The molecule has 2 N–H and O–H groups in total. The van der Waals surface area contributed by atoms with Crippen LogP contribution in [-0.4, -0.2) is 52.7 Å². The minimum absolute atomic E-state index is 0.00323. The predicted octanol–water partition coefficient (Wildman–Crippen LogP) is 2.99. The fraction of sp³-hybridized carbons (Fsp3) is 0.625. The van der Waals surface area contributed by atoms with Gasteiger partial charge in [-0.2, -0.15) is 0 Å². The van der Waals surface area contributed by atoms with E-state index in [4.69, 9.17) is 5.73 Å². The second-order valence-electron chi connectivity index (χ2n) is 9.91. The standard InChI is InChI=1S/C24H34N4O2/c1-16(2)13-24(3)22(30)28(23(25)26-24)15-17-8-7-11-27(14-17)21(29)20-12-19(20)18-9-5-4-6-10-18/h4-6,9-10,16-17,19-20H,7-8,11-15H2,1-3H3,(H2,25,26)/t17?,19-,20+,24?/m0/s1. The molecule has 30 heavy (non-hydrogen) atoms. The molecular formula is C24H34N4O2. The van der Waals surface area contributed by atoms with E-state index in [2.05, 4.69) is 31.0 Å². The molecule has 2 unspecified atom stereocenters. The summed E-state index contributed by atoms with van der Waals surface area (Å²) in [4.78, 5) is 34.3. The minimum atomic E-state index is -0.751. The maximum atomic E-state index is 13.1. The minimum Gasteiger partial charge on any atom is -0.369 e. The SMILES string of the molecule is CC(C)CC1(C)N=C(N)N(CC2CCCN(C(=O)[C@@H]3C[C@H]3c3ccccc3)C2)C1=O. The lowest BCUT2D eigenvalue weighted by Crippen LogP contribution is -2.49. The maximum Gasteiger partial charge on any atom is 0.257 e. The summed E-state index contributed by atoms with van der Waals surface area (Å²) in [5, 5.41) is 0. The molecule has 162 valence electrons. The summed E-state index contributed by atoms with van der Waals surface area (Å²) >= 11 is 0. The third-order valence-electron chi connectivity index (χ3n) is 6.76.